The first-order chi connectivity index (χ1) is 13.8. The van der Waals surface area contributed by atoms with E-state index in [0.29, 0.717) is 29.8 Å². The highest BCUT2D eigenvalue weighted by Crippen LogP contribution is 2.30. The van der Waals surface area contributed by atoms with Crippen LogP contribution in [0.15, 0.2) is 65.6 Å². The number of hydrogen-bond donors (Lipinski definition) is 1. The van der Waals surface area contributed by atoms with Crippen LogP contribution in [-0.4, -0.2) is 33.4 Å². The smallest absolute Gasteiger partial charge is 0.339 e. The van der Waals surface area contributed by atoms with Crippen LogP contribution in [-0.2, 0) is 26.0 Å². The summed E-state index contributed by atoms with van der Waals surface area (Å²) in [6.45, 7) is -0.0213. The molecule has 0 spiro atoms. The summed E-state index contributed by atoms with van der Waals surface area (Å²) in [7, 11) is -3.81. The highest BCUT2D eigenvalue weighted by Gasteiger charge is 2.27. The molecule has 4 rings (SSSR count). The zero-order chi connectivity index (χ0) is 20.6. The van der Waals surface area contributed by atoms with E-state index in [0.717, 1.165) is 10.8 Å². The fourth-order valence-electron chi connectivity index (χ4n) is 3.50. The predicted molar refractivity (Wildman–Crippen MR) is 108 cm³/mol. The number of ether oxygens (including phenoxy) is 1. The Kier molecular flexibility index (Phi) is 4.81. The van der Waals surface area contributed by atoms with Crippen LogP contribution in [0.1, 0.15) is 15.9 Å². The normalized spacial score (nSPS) is 13.3. The largest absolute Gasteiger partial charge is 0.452 e. The van der Waals surface area contributed by atoms with Gasteiger partial charge in [-0.1, -0.05) is 36.4 Å². The minimum atomic E-state index is -3.81. The van der Waals surface area contributed by atoms with Gasteiger partial charge in [-0.3, -0.25) is 4.79 Å². The summed E-state index contributed by atoms with van der Waals surface area (Å²) in [6, 6.07) is 17.1. The molecule has 0 radical (unpaired) electrons. The van der Waals surface area contributed by atoms with Crippen molar-refractivity contribution >= 4 is 38.4 Å². The van der Waals surface area contributed by atoms with Crippen molar-refractivity contribution in [3.8, 4) is 0 Å². The van der Waals surface area contributed by atoms with Crippen molar-refractivity contribution in [2.75, 3.05) is 18.1 Å². The van der Waals surface area contributed by atoms with Crippen LogP contribution in [0.2, 0.25) is 0 Å². The van der Waals surface area contributed by atoms with Gasteiger partial charge in [-0.05, 0) is 47.0 Å². The predicted octanol–water partition coefficient (Wildman–Crippen LogP) is 2.23. The summed E-state index contributed by atoms with van der Waals surface area (Å²) in [5.74, 6) is -0.945. The van der Waals surface area contributed by atoms with E-state index in [1.165, 1.54) is 17.0 Å². The molecule has 0 bridgehead atoms. The molecule has 8 heteroatoms. The van der Waals surface area contributed by atoms with Crippen LogP contribution < -0.4 is 10.0 Å². The summed E-state index contributed by atoms with van der Waals surface area (Å²) in [5.41, 5.74) is 1.71. The maximum atomic E-state index is 12.6. The molecule has 3 aromatic rings. The van der Waals surface area contributed by atoms with E-state index in [1.807, 2.05) is 30.3 Å². The number of sulfonamides is 1. The average Bonchev–Trinajstić information content (AvgIpc) is 3.14. The molecule has 0 atom stereocenters. The molecular formula is C21H18N2O5S. The molecule has 1 aliphatic heterocycles. The van der Waals surface area contributed by atoms with E-state index < -0.39 is 22.6 Å². The molecule has 0 aliphatic carbocycles. The van der Waals surface area contributed by atoms with Crippen LogP contribution in [0.3, 0.4) is 0 Å². The minimum Gasteiger partial charge on any atom is -0.452 e. The summed E-state index contributed by atoms with van der Waals surface area (Å²) in [6.07, 6.45) is 0.502. The lowest BCUT2D eigenvalue weighted by Gasteiger charge is -2.17. The van der Waals surface area contributed by atoms with Gasteiger partial charge >= 0.3 is 5.97 Å². The van der Waals surface area contributed by atoms with Crippen molar-refractivity contribution in [2.45, 2.75) is 11.3 Å². The number of nitrogens with zero attached hydrogens (tertiary/aromatic N) is 1. The minimum absolute atomic E-state index is 0.00734. The summed E-state index contributed by atoms with van der Waals surface area (Å²) >= 11 is 0. The number of nitrogens with two attached hydrogens (primary N) is 1. The van der Waals surface area contributed by atoms with E-state index in [-0.39, 0.29) is 10.8 Å². The second-order valence-corrected chi connectivity index (χ2v) is 8.30. The number of hydrogen-bond acceptors (Lipinski definition) is 5. The van der Waals surface area contributed by atoms with E-state index in [2.05, 4.69) is 0 Å². The van der Waals surface area contributed by atoms with E-state index in [4.69, 9.17) is 9.88 Å². The van der Waals surface area contributed by atoms with Crippen molar-refractivity contribution in [2.24, 2.45) is 5.14 Å². The van der Waals surface area contributed by atoms with Gasteiger partial charge < -0.3 is 9.64 Å². The third-order valence-corrected chi connectivity index (χ3v) is 5.82. The second-order valence-electron chi connectivity index (χ2n) is 6.73. The maximum Gasteiger partial charge on any atom is 0.339 e. The SMILES string of the molecule is NS(=O)(=O)c1ccc2c(c1)CCN2C(=O)COC(=O)c1cccc2ccccc12. The van der Waals surface area contributed by atoms with Crippen molar-refractivity contribution in [1.82, 2.24) is 0 Å². The van der Waals surface area contributed by atoms with Crippen LogP contribution in [0, 0.1) is 0 Å². The lowest BCUT2D eigenvalue weighted by Crippen LogP contribution is -2.33. The van der Waals surface area contributed by atoms with Gasteiger partial charge in [0.2, 0.25) is 10.0 Å². The van der Waals surface area contributed by atoms with Gasteiger partial charge in [0.15, 0.2) is 6.61 Å². The van der Waals surface area contributed by atoms with Crippen molar-refractivity contribution in [1.29, 1.82) is 0 Å². The molecule has 3 aromatic carbocycles. The Labute approximate surface area is 167 Å². The van der Waals surface area contributed by atoms with Gasteiger partial charge in [-0.2, -0.15) is 0 Å². The number of rotatable bonds is 4. The monoisotopic (exact) mass is 410 g/mol. The summed E-state index contributed by atoms with van der Waals surface area (Å²) in [5, 5.41) is 6.82. The molecule has 0 aromatic heterocycles. The lowest BCUT2D eigenvalue weighted by atomic mass is 10.1. The topological polar surface area (TPSA) is 107 Å². The fourth-order valence-corrected chi connectivity index (χ4v) is 4.06. The Morgan fingerprint density at radius 3 is 2.59 bits per heavy atom. The standard InChI is InChI=1S/C21H18N2O5S/c22-29(26,27)16-8-9-19-15(12-16)10-11-23(19)20(24)13-28-21(25)18-7-3-5-14-4-1-2-6-17(14)18/h1-9,12H,10-11,13H2,(H2,22,26,27). The Morgan fingerprint density at radius 2 is 1.79 bits per heavy atom. The van der Waals surface area contributed by atoms with Crippen LogP contribution in [0.25, 0.3) is 10.8 Å². The Balaban J connectivity index is 1.48. The molecule has 7 nitrogen and oxygen atoms in total. The van der Waals surface area contributed by atoms with Crippen LogP contribution >= 0.6 is 0 Å². The van der Waals surface area contributed by atoms with Gasteiger partial charge in [0, 0.05) is 12.2 Å². The zero-order valence-corrected chi connectivity index (χ0v) is 16.2. The molecule has 1 aliphatic rings. The fraction of sp³-hybridized carbons (Fsp3) is 0.143. The number of primary sulfonamides is 1. The number of benzene rings is 3. The highest BCUT2D eigenvalue weighted by atomic mass is 32.2. The van der Waals surface area contributed by atoms with E-state index in [9.17, 15) is 18.0 Å². The molecular weight excluding hydrogens is 392 g/mol. The van der Waals surface area contributed by atoms with E-state index in [1.54, 1.807) is 18.2 Å². The van der Waals surface area contributed by atoms with Crippen molar-refractivity contribution in [3.05, 3.63) is 71.8 Å². The molecule has 0 fully saturated rings. The third kappa shape index (κ3) is 3.72. The number of amides is 1. The first kappa shape index (κ1) is 19.1. The number of anilines is 1. The van der Waals surface area contributed by atoms with Gasteiger partial charge in [-0.15, -0.1) is 0 Å². The number of carbonyl (C=O) groups excluding carboxylic acids is 2. The molecule has 0 unspecified atom stereocenters. The first-order valence-corrected chi connectivity index (χ1v) is 10.5. The van der Waals surface area contributed by atoms with Gasteiger partial charge in [0.05, 0.1) is 10.5 Å². The Morgan fingerprint density at radius 1 is 1.03 bits per heavy atom. The second kappa shape index (κ2) is 7.31. The molecule has 1 amide bonds. The Hall–Kier alpha value is -3.23. The average molecular weight is 410 g/mol. The van der Waals surface area contributed by atoms with E-state index >= 15 is 0 Å². The zero-order valence-electron chi connectivity index (χ0n) is 15.4. The summed E-state index contributed by atoms with van der Waals surface area (Å²) < 4.78 is 28.2. The summed E-state index contributed by atoms with van der Waals surface area (Å²) in [4.78, 5) is 26.6. The number of esters is 1. The van der Waals surface area contributed by atoms with Gasteiger partial charge in [0.25, 0.3) is 5.91 Å². The third-order valence-electron chi connectivity index (χ3n) is 4.91. The molecule has 0 saturated carbocycles. The van der Waals surface area contributed by atoms with Gasteiger partial charge in [-0.25, -0.2) is 18.4 Å². The molecule has 2 N–H and O–H groups in total. The number of fused-ring (bicyclic) bond motifs is 2. The van der Waals surface area contributed by atoms with Crippen molar-refractivity contribution in [3.63, 3.8) is 0 Å². The molecule has 148 valence electrons. The molecule has 29 heavy (non-hydrogen) atoms. The van der Waals surface area contributed by atoms with Crippen LogP contribution in [0.5, 0.6) is 0 Å². The molecule has 1 heterocycles. The highest BCUT2D eigenvalue weighted by molar-refractivity contribution is 7.89. The Bertz CT molecular complexity index is 1230. The molecule has 0 saturated heterocycles. The van der Waals surface area contributed by atoms with Crippen LogP contribution in [0.4, 0.5) is 5.69 Å². The van der Waals surface area contributed by atoms with Crippen molar-refractivity contribution < 1.29 is 22.7 Å². The first-order valence-electron chi connectivity index (χ1n) is 8.95. The van der Waals surface area contributed by atoms with Gasteiger partial charge in [0.1, 0.15) is 0 Å². The quantitative estimate of drug-likeness (QED) is 0.664. The number of carbonyl (C=O) groups is 2. The lowest BCUT2D eigenvalue weighted by molar-refractivity contribution is -0.121. The maximum absolute atomic E-state index is 12.6.